The van der Waals surface area contributed by atoms with Crippen LogP contribution in [-0.4, -0.2) is 188 Å². The zero-order chi connectivity index (χ0) is 57.4. The minimum atomic E-state index is -1.91. The van der Waals surface area contributed by atoms with Crippen LogP contribution in [0.1, 0.15) is 51.7 Å². The van der Waals surface area contributed by atoms with Gasteiger partial charge in [0.05, 0.1) is 32.0 Å². The second-order valence-electron chi connectivity index (χ2n) is 17.8. The van der Waals surface area contributed by atoms with Crippen molar-refractivity contribution >= 4 is 77.7 Å². The number of carboxylic acids is 1. The number of aliphatic hydroxyl groups is 4. The summed E-state index contributed by atoms with van der Waals surface area (Å²) in [5.74, 6) is -13.1. The summed E-state index contributed by atoms with van der Waals surface area (Å²) in [7, 11) is 0. The van der Waals surface area contributed by atoms with Gasteiger partial charge in [-0.05, 0) is 55.9 Å². The summed E-state index contributed by atoms with van der Waals surface area (Å²) in [5.41, 5.74) is 12.7. The maximum atomic E-state index is 13.9. The Hall–Kier alpha value is -7.44. The number of nitrogens with one attached hydrogen (secondary N) is 9. The molecule has 0 unspecified atom stereocenters. The predicted molar refractivity (Wildman–Crippen MR) is 271 cm³/mol. The van der Waals surface area contributed by atoms with Crippen molar-refractivity contribution in [3.8, 4) is 5.75 Å². The molecular weight excluding hydrogens is 1020 g/mol. The molecular formula is C47H69N11O17S. The van der Waals surface area contributed by atoms with Gasteiger partial charge >= 0.3 is 5.97 Å². The molecule has 2 aromatic rings. The molecule has 0 heterocycles. The fraction of sp³-hybridized carbons (Fsp3) is 0.511. The third kappa shape index (κ3) is 21.4. The Balaban J connectivity index is 2.19. The molecule has 0 spiro atoms. The number of amides is 10. The van der Waals surface area contributed by atoms with Gasteiger partial charge in [-0.1, -0.05) is 56.3 Å². The van der Waals surface area contributed by atoms with Crippen LogP contribution in [0.5, 0.6) is 5.75 Å². The van der Waals surface area contributed by atoms with Crippen LogP contribution in [0.3, 0.4) is 0 Å². The first-order valence-corrected chi connectivity index (χ1v) is 24.3. The van der Waals surface area contributed by atoms with Gasteiger partial charge in [0.1, 0.15) is 60.1 Å². The van der Waals surface area contributed by atoms with Crippen molar-refractivity contribution < 1.29 is 83.4 Å². The Bertz CT molecular complexity index is 2330. The lowest BCUT2D eigenvalue weighted by molar-refractivity contribution is -0.143. The molecule has 0 aliphatic carbocycles. The molecule has 76 heavy (non-hydrogen) atoms. The Morgan fingerprint density at radius 3 is 1.45 bits per heavy atom. The molecule has 420 valence electrons. The zero-order valence-electron chi connectivity index (χ0n) is 42.1. The van der Waals surface area contributed by atoms with Crippen molar-refractivity contribution in [1.82, 2.24) is 47.9 Å². The van der Waals surface area contributed by atoms with Crippen molar-refractivity contribution in [2.45, 2.75) is 120 Å². The largest absolute Gasteiger partial charge is 0.508 e. The molecule has 19 N–H and O–H groups in total. The molecule has 0 aliphatic rings. The molecule has 11 atom stereocenters. The summed E-state index contributed by atoms with van der Waals surface area (Å²) >= 11 is 4.05. The van der Waals surface area contributed by atoms with Crippen LogP contribution >= 0.6 is 12.6 Å². The first kappa shape index (κ1) is 64.7. The third-order valence-electron chi connectivity index (χ3n) is 11.3. The number of thiol groups is 1. The number of aliphatic hydroxyl groups excluding tert-OH is 4. The van der Waals surface area contributed by atoms with E-state index in [9.17, 15) is 78.3 Å². The van der Waals surface area contributed by atoms with Gasteiger partial charge in [-0.2, -0.15) is 12.6 Å². The number of hydrogen-bond donors (Lipinski definition) is 18. The van der Waals surface area contributed by atoms with Gasteiger partial charge in [0.2, 0.25) is 59.1 Å². The molecule has 29 heteroatoms. The number of rotatable bonds is 32. The van der Waals surface area contributed by atoms with Crippen molar-refractivity contribution in [2.75, 3.05) is 25.6 Å². The van der Waals surface area contributed by atoms with Crippen molar-refractivity contribution in [1.29, 1.82) is 0 Å². The second kappa shape index (κ2) is 32.1. The standard InChI is InChI=1S/C47H69N11O17S/c1-22(2)36(45(72)55-33(20-61)47(74)75)57-38(65)23(3)50-42(69)31(18-59)54-44(71)34(21-76)56-46(73)37(24(4)62)58-43(70)32(19-60)53-40(67)29(14-15-35(49)64)51-41(68)30(17-26-10-12-27(63)13-11-26)52-39(66)28(48)16-25-8-6-5-7-9-25/h5-13,22-24,28-34,36-37,59-63,76H,14-21,48H2,1-4H3,(H2,49,64)(H,50,69)(H,51,68)(H,52,66)(H,53,67)(H,54,71)(H,55,72)(H,56,73)(H,57,65)(H,58,70)(H,74,75)/t23-,24+,28-,29-,30-,31-,32-,33-,34-,36-,37-/m0/s1. The van der Waals surface area contributed by atoms with Crippen LogP contribution < -0.4 is 59.3 Å². The van der Waals surface area contributed by atoms with E-state index in [4.69, 9.17) is 16.6 Å². The van der Waals surface area contributed by atoms with E-state index in [2.05, 4.69) is 60.5 Å². The molecule has 0 saturated heterocycles. The minimum absolute atomic E-state index is 0.0887. The number of carboxylic acid groups (broad SMARTS) is 1. The van der Waals surface area contributed by atoms with E-state index in [1.807, 2.05) is 0 Å². The number of nitrogens with two attached hydrogens (primary N) is 2. The molecule has 0 fully saturated rings. The lowest BCUT2D eigenvalue weighted by Crippen LogP contribution is -2.63. The highest BCUT2D eigenvalue weighted by molar-refractivity contribution is 7.80. The number of carbonyl (C=O) groups is 11. The molecule has 28 nitrogen and oxygen atoms in total. The lowest BCUT2D eigenvalue weighted by Gasteiger charge is -2.28. The summed E-state index contributed by atoms with van der Waals surface area (Å²) in [4.78, 5) is 143. The van der Waals surface area contributed by atoms with Crippen LogP contribution in [0.4, 0.5) is 0 Å². The van der Waals surface area contributed by atoms with Crippen molar-refractivity contribution in [2.24, 2.45) is 17.4 Å². The number of benzene rings is 2. The topological polar surface area (TPSA) is 469 Å². The minimum Gasteiger partial charge on any atom is -0.508 e. The van der Waals surface area contributed by atoms with Gasteiger partial charge in [-0.15, -0.1) is 0 Å². The number of aliphatic carboxylic acids is 1. The predicted octanol–water partition coefficient (Wildman–Crippen LogP) is -6.82. The van der Waals surface area contributed by atoms with Crippen LogP contribution in [0.25, 0.3) is 0 Å². The second-order valence-corrected chi connectivity index (χ2v) is 18.2. The van der Waals surface area contributed by atoms with E-state index in [-0.39, 0.29) is 18.6 Å². The number of aromatic hydroxyl groups is 1. The SMILES string of the molecule is CC(C)[C@H](NC(=O)[C@H](C)NC(=O)[C@H](CO)NC(=O)[C@H](CS)NC(=O)[C@@H](NC(=O)[C@H](CO)NC(=O)[C@H](CCC(N)=O)NC(=O)[C@H](Cc1ccc(O)cc1)NC(=O)[C@@H](N)Cc1ccccc1)[C@@H](C)O)C(=O)N[C@@H](CO)C(=O)O. The van der Waals surface area contributed by atoms with Gasteiger partial charge in [-0.25, -0.2) is 4.79 Å². The van der Waals surface area contributed by atoms with Gasteiger partial charge in [0, 0.05) is 18.6 Å². The fourth-order valence-corrected chi connectivity index (χ4v) is 7.09. The summed E-state index contributed by atoms with van der Waals surface area (Å²) in [5, 5.41) is 79.3. The number of carbonyl (C=O) groups excluding carboxylic acids is 10. The highest BCUT2D eigenvalue weighted by Crippen LogP contribution is 2.13. The van der Waals surface area contributed by atoms with Crippen LogP contribution in [0, 0.1) is 5.92 Å². The van der Waals surface area contributed by atoms with Gasteiger partial charge < -0.3 is 90.0 Å². The molecule has 0 aromatic heterocycles. The number of hydrogen-bond acceptors (Lipinski definition) is 18. The number of phenols is 1. The summed E-state index contributed by atoms with van der Waals surface area (Å²) < 4.78 is 0. The number of phenolic OH excluding ortho intramolecular Hbond substituents is 1. The average molecular weight is 1090 g/mol. The first-order valence-electron chi connectivity index (χ1n) is 23.7. The van der Waals surface area contributed by atoms with E-state index >= 15 is 0 Å². The van der Waals surface area contributed by atoms with Crippen LogP contribution in [-0.2, 0) is 65.6 Å². The molecule has 10 amide bonds. The van der Waals surface area contributed by atoms with Crippen molar-refractivity contribution in [3.05, 3.63) is 65.7 Å². The van der Waals surface area contributed by atoms with E-state index in [1.54, 1.807) is 30.3 Å². The Kier molecular flexibility index (Phi) is 27.3. The van der Waals surface area contributed by atoms with E-state index < -0.39 is 176 Å². The Morgan fingerprint density at radius 2 is 0.947 bits per heavy atom. The maximum Gasteiger partial charge on any atom is 0.328 e. The van der Waals surface area contributed by atoms with Gasteiger partial charge in [-0.3, -0.25) is 47.9 Å². The highest BCUT2D eigenvalue weighted by atomic mass is 32.1. The van der Waals surface area contributed by atoms with Gasteiger partial charge in [0.25, 0.3) is 0 Å². The normalized spacial score (nSPS) is 15.4. The molecule has 0 radical (unpaired) electrons. The van der Waals surface area contributed by atoms with Crippen molar-refractivity contribution in [3.63, 3.8) is 0 Å². The van der Waals surface area contributed by atoms with E-state index in [0.717, 1.165) is 12.5 Å². The summed E-state index contributed by atoms with van der Waals surface area (Å²) in [6.45, 7) is 2.16. The Morgan fingerprint density at radius 1 is 0.513 bits per heavy atom. The van der Waals surface area contributed by atoms with Crippen LogP contribution in [0.15, 0.2) is 54.6 Å². The van der Waals surface area contributed by atoms with Gasteiger partial charge in [0.15, 0.2) is 0 Å². The molecule has 0 aliphatic heterocycles. The number of primary amides is 1. The maximum absolute atomic E-state index is 13.9. The lowest BCUT2D eigenvalue weighted by atomic mass is 10.0. The van der Waals surface area contributed by atoms with E-state index in [1.165, 1.54) is 45.0 Å². The van der Waals surface area contributed by atoms with E-state index in [0.29, 0.717) is 5.56 Å². The molecule has 2 rings (SSSR count). The first-order chi connectivity index (χ1) is 35.8. The third-order valence-corrected chi connectivity index (χ3v) is 11.6. The summed E-state index contributed by atoms with van der Waals surface area (Å²) in [6, 6.07) is -1.46. The molecule has 0 bridgehead atoms. The van der Waals surface area contributed by atoms with Crippen LogP contribution in [0.2, 0.25) is 0 Å². The quantitative estimate of drug-likeness (QED) is 0.0303. The summed E-state index contributed by atoms with van der Waals surface area (Å²) in [6.07, 6.45) is -2.77. The monoisotopic (exact) mass is 1090 g/mol. The molecule has 0 saturated carbocycles. The fourth-order valence-electron chi connectivity index (χ4n) is 6.83. The average Bonchev–Trinajstić information content (AvgIpc) is 3.37. The smallest absolute Gasteiger partial charge is 0.328 e. The highest BCUT2D eigenvalue weighted by Gasteiger charge is 2.36. The molecule has 2 aromatic carbocycles. The Labute approximate surface area is 442 Å². The zero-order valence-corrected chi connectivity index (χ0v) is 43.0.